The van der Waals surface area contributed by atoms with E-state index < -0.39 is 28.5 Å². The second-order valence-corrected chi connectivity index (χ2v) is 14.1. The lowest BCUT2D eigenvalue weighted by atomic mass is 10.0. The number of hydrogen-bond acceptors (Lipinski definition) is 5. The van der Waals surface area contributed by atoms with Crippen molar-refractivity contribution in [2.45, 2.75) is 62.6 Å². The zero-order valence-electron chi connectivity index (χ0n) is 26.6. The number of methoxy groups -OCH3 is 1. The van der Waals surface area contributed by atoms with Gasteiger partial charge in [0.2, 0.25) is 11.8 Å². The van der Waals surface area contributed by atoms with Gasteiger partial charge in [-0.05, 0) is 61.2 Å². The molecule has 0 bridgehead atoms. The van der Waals surface area contributed by atoms with E-state index in [4.69, 9.17) is 16.3 Å². The summed E-state index contributed by atoms with van der Waals surface area (Å²) in [4.78, 5) is 30.3. The summed E-state index contributed by atoms with van der Waals surface area (Å²) in [5.74, 6) is -0.561. The Morgan fingerprint density at radius 1 is 0.894 bits per heavy atom. The summed E-state index contributed by atoms with van der Waals surface area (Å²) in [6.45, 7) is 1.29. The van der Waals surface area contributed by atoms with Crippen LogP contribution < -0.4 is 14.4 Å². The Morgan fingerprint density at radius 3 is 2.21 bits per heavy atom. The Kier molecular flexibility index (Phi) is 11.2. The van der Waals surface area contributed by atoms with Gasteiger partial charge in [0.05, 0.1) is 17.7 Å². The molecule has 47 heavy (non-hydrogen) atoms. The largest absolute Gasteiger partial charge is 0.495 e. The second-order valence-electron chi connectivity index (χ2n) is 11.8. The number of ether oxygens (including phenoxy) is 1. The molecule has 0 spiro atoms. The molecule has 1 saturated carbocycles. The molecule has 1 N–H and O–H groups in total. The van der Waals surface area contributed by atoms with E-state index >= 15 is 0 Å². The van der Waals surface area contributed by atoms with Crippen LogP contribution in [0.25, 0.3) is 0 Å². The normalized spacial score (nSPS) is 13.9. The fourth-order valence-corrected chi connectivity index (χ4v) is 7.54. The van der Waals surface area contributed by atoms with Crippen LogP contribution in [0.5, 0.6) is 5.75 Å². The predicted octanol–water partition coefficient (Wildman–Crippen LogP) is 6.55. The molecule has 2 amide bonds. The van der Waals surface area contributed by atoms with E-state index in [0.29, 0.717) is 10.6 Å². The highest BCUT2D eigenvalue weighted by Gasteiger charge is 2.36. The van der Waals surface area contributed by atoms with E-state index in [0.717, 1.165) is 41.1 Å². The number of carbonyl (C=O) groups is 2. The maximum absolute atomic E-state index is 14.7. The number of sulfonamides is 1. The second kappa shape index (κ2) is 15.5. The standard InChI is InChI=1S/C37H40ClN3O5S/c1-27-20-22-31(23-21-27)47(44,45)41(33-18-10-11-19-35(33)46-2)26-36(42)40(25-29-14-6-9-17-32(29)38)34(24-28-12-4-3-5-13-28)37(43)39-30-15-7-8-16-30/h3-6,9-14,17-23,30,34H,7-8,15-16,24-26H2,1-2H3,(H,39,43)/t34-/m0/s1. The van der Waals surface area contributed by atoms with Crippen molar-refractivity contribution in [3.05, 3.63) is 125 Å². The van der Waals surface area contributed by atoms with Gasteiger partial charge in [-0.2, -0.15) is 0 Å². The molecular formula is C37H40ClN3O5S. The molecule has 1 atom stereocenters. The summed E-state index contributed by atoms with van der Waals surface area (Å²) in [5.41, 5.74) is 2.60. The number of halogens is 1. The van der Waals surface area contributed by atoms with E-state index in [-0.39, 0.29) is 41.2 Å². The molecule has 1 aliphatic rings. The quantitative estimate of drug-likeness (QED) is 0.174. The van der Waals surface area contributed by atoms with E-state index in [1.54, 1.807) is 54.6 Å². The highest BCUT2D eigenvalue weighted by atomic mass is 35.5. The van der Waals surface area contributed by atoms with Crippen molar-refractivity contribution in [2.24, 2.45) is 0 Å². The maximum Gasteiger partial charge on any atom is 0.264 e. The molecule has 8 nitrogen and oxygen atoms in total. The molecule has 0 heterocycles. The number of carbonyl (C=O) groups excluding carboxylic acids is 2. The van der Waals surface area contributed by atoms with Gasteiger partial charge in [-0.15, -0.1) is 0 Å². The Labute approximate surface area is 282 Å². The molecule has 4 aromatic rings. The van der Waals surface area contributed by atoms with Gasteiger partial charge >= 0.3 is 0 Å². The minimum atomic E-state index is -4.26. The lowest BCUT2D eigenvalue weighted by Gasteiger charge is -2.34. The number of para-hydroxylation sites is 2. The number of aryl methyl sites for hydroxylation is 1. The monoisotopic (exact) mass is 673 g/mol. The predicted molar refractivity (Wildman–Crippen MR) is 185 cm³/mol. The van der Waals surface area contributed by atoms with E-state index in [9.17, 15) is 18.0 Å². The third-order valence-corrected chi connectivity index (χ3v) is 10.7. The molecule has 0 radical (unpaired) electrons. The van der Waals surface area contributed by atoms with Gasteiger partial charge in [0.25, 0.3) is 10.0 Å². The topological polar surface area (TPSA) is 96.0 Å². The number of hydrogen-bond donors (Lipinski definition) is 1. The maximum atomic E-state index is 14.7. The van der Waals surface area contributed by atoms with E-state index in [2.05, 4.69) is 5.32 Å². The number of benzene rings is 4. The average molecular weight is 674 g/mol. The first kappa shape index (κ1) is 34.0. The Hall–Kier alpha value is -4.34. The average Bonchev–Trinajstić information content (AvgIpc) is 3.59. The zero-order valence-corrected chi connectivity index (χ0v) is 28.2. The van der Waals surface area contributed by atoms with Crippen LogP contribution in [0.4, 0.5) is 5.69 Å². The molecule has 1 fully saturated rings. The van der Waals surface area contributed by atoms with Crippen molar-refractivity contribution in [1.82, 2.24) is 10.2 Å². The summed E-state index contributed by atoms with van der Waals surface area (Å²) in [5, 5.41) is 3.62. The first-order valence-electron chi connectivity index (χ1n) is 15.8. The van der Waals surface area contributed by atoms with Gasteiger partial charge in [-0.1, -0.05) is 103 Å². The van der Waals surface area contributed by atoms with Crippen LogP contribution in [0.1, 0.15) is 42.4 Å². The third-order valence-electron chi connectivity index (χ3n) is 8.51. The van der Waals surface area contributed by atoms with Crippen LogP contribution in [0.2, 0.25) is 5.02 Å². The fourth-order valence-electron chi connectivity index (χ4n) is 5.92. The SMILES string of the molecule is COc1ccccc1N(CC(=O)N(Cc1ccccc1Cl)[C@@H](Cc1ccccc1)C(=O)NC1CCCC1)S(=O)(=O)c1ccc(C)cc1. The molecule has 0 aliphatic heterocycles. The number of anilines is 1. The van der Waals surface area contributed by atoms with Crippen molar-refractivity contribution in [2.75, 3.05) is 18.0 Å². The van der Waals surface area contributed by atoms with Crippen molar-refractivity contribution in [3.8, 4) is 5.75 Å². The van der Waals surface area contributed by atoms with E-state index in [1.807, 2.05) is 43.3 Å². The van der Waals surface area contributed by atoms with Crippen LogP contribution in [0.3, 0.4) is 0 Å². The summed E-state index contributed by atoms with van der Waals surface area (Å²) >= 11 is 6.60. The Morgan fingerprint density at radius 2 is 1.53 bits per heavy atom. The summed E-state index contributed by atoms with van der Waals surface area (Å²) in [7, 11) is -2.81. The number of rotatable bonds is 13. The van der Waals surface area contributed by atoms with Crippen LogP contribution in [-0.4, -0.2) is 50.9 Å². The molecule has 5 rings (SSSR count). The molecule has 1 aliphatic carbocycles. The van der Waals surface area contributed by atoms with Gasteiger partial charge in [0.1, 0.15) is 18.3 Å². The first-order chi connectivity index (χ1) is 22.7. The number of nitrogens with one attached hydrogen (secondary N) is 1. The molecule has 0 unspecified atom stereocenters. The van der Waals surface area contributed by atoms with Crippen LogP contribution in [-0.2, 0) is 32.6 Å². The van der Waals surface area contributed by atoms with Crippen LogP contribution in [0, 0.1) is 6.92 Å². The lowest BCUT2D eigenvalue weighted by Crippen LogP contribution is -2.54. The molecule has 0 saturated heterocycles. The van der Waals surface area contributed by atoms with Gasteiger partial charge in [-0.3, -0.25) is 13.9 Å². The van der Waals surface area contributed by atoms with Crippen molar-refractivity contribution in [3.63, 3.8) is 0 Å². The van der Waals surface area contributed by atoms with Gasteiger partial charge in [-0.25, -0.2) is 8.42 Å². The summed E-state index contributed by atoms with van der Waals surface area (Å²) < 4.78 is 35.2. The minimum Gasteiger partial charge on any atom is -0.495 e. The van der Waals surface area contributed by atoms with Crippen LogP contribution >= 0.6 is 11.6 Å². The van der Waals surface area contributed by atoms with Crippen molar-refractivity contribution < 1.29 is 22.7 Å². The smallest absolute Gasteiger partial charge is 0.264 e. The molecular weight excluding hydrogens is 634 g/mol. The third kappa shape index (κ3) is 8.34. The highest BCUT2D eigenvalue weighted by Crippen LogP contribution is 2.33. The number of amides is 2. The first-order valence-corrected chi connectivity index (χ1v) is 17.6. The van der Waals surface area contributed by atoms with Crippen molar-refractivity contribution in [1.29, 1.82) is 0 Å². The molecule has 10 heteroatoms. The lowest BCUT2D eigenvalue weighted by molar-refractivity contribution is -0.140. The van der Waals surface area contributed by atoms with Gasteiger partial charge in [0.15, 0.2) is 0 Å². The van der Waals surface area contributed by atoms with E-state index in [1.165, 1.54) is 24.1 Å². The van der Waals surface area contributed by atoms with Crippen molar-refractivity contribution >= 4 is 39.1 Å². The van der Waals surface area contributed by atoms with Crippen LogP contribution in [0.15, 0.2) is 108 Å². The van der Waals surface area contributed by atoms with Gasteiger partial charge in [0, 0.05) is 24.0 Å². The highest BCUT2D eigenvalue weighted by molar-refractivity contribution is 7.92. The molecule has 246 valence electrons. The summed E-state index contributed by atoms with van der Waals surface area (Å²) in [6.07, 6.45) is 4.04. The Balaban J connectivity index is 1.59. The minimum absolute atomic E-state index is 0.00155. The molecule has 4 aromatic carbocycles. The van der Waals surface area contributed by atoms with Gasteiger partial charge < -0.3 is 15.0 Å². The summed E-state index contributed by atoms with van der Waals surface area (Å²) in [6, 6.07) is 28.8. The fraction of sp³-hybridized carbons (Fsp3) is 0.297. The zero-order chi connectivity index (χ0) is 33.4. The molecule has 0 aromatic heterocycles. The Bertz CT molecular complexity index is 1780. The number of nitrogens with zero attached hydrogens (tertiary/aromatic N) is 2.